The van der Waals surface area contributed by atoms with Gasteiger partial charge in [-0.2, -0.15) is 0 Å². The lowest BCUT2D eigenvalue weighted by molar-refractivity contribution is -0.385. The van der Waals surface area contributed by atoms with E-state index in [0.29, 0.717) is 18.5 Å². The summed E-state index contributed by atoms with van der Waals surface area (Å²) < 4.78 is 5.09. The molecule has 0 aliphatic carbocycles. The molecule has 2 aromatic rings. The summed E-state index contributed by atoms with van der Waals surface area (Å²) in [6.07, 6.45) is 0.747. The summed E-state index contributed by atoms with van der Waals surface area (Å²) in [7, 11) is 0. The Bertz CT molecular complexity index is 973. The first-order chi connectivity index (χ1) is 14.3. The van der Waals surface area contributed by atoms with Gasteiger partial charge in [0.05, 0.1) is 10.8 Å². The summed E-state index contributed by atoms with van der Waals surface area (Å²) in [5.41, 5.74) is 1.48. The van der Waals surface area contributed by atoms with Crippen molar-refractivity contribution in [2.24, 2.45) is 5.92 Å². The molecule has 1 saturated heterocycles. The van der Waals surface area contributed by atoms with E-state index in [1.807, 2.05) is 30.3 Å². The minimum absolute atomic E-state index is 0.0534. The van der Waals surface area contributed by atoms with Crippen LogP contribution in [0.4, 0.5) is 5.69 Å². The van der Waals surface area contributed by atoms with Gasteiger partial charge in [0.2, 0.25) is 11.7 Å². The zero-order valence-corrected chi connectivity index (χ0v) is 16.6. The van der Waals surface area contributed by atoms with Crippen molar-refractivity contribution in [1.29, 1.82) is 0 Å². The van der Waals surface area contributed by atoms with Crippen molar-refractivity contribution >= 4 is 23.3 Å². The minimum atomic E-state index is -0.617. The second-order valence-electron chi connectivity index (χ2n) is 7.27. The maximum Gasteiger partial charge on any atom is 0.311 e. The Hall–Kier alpha value is -3.55. The normalized spacial score (nSPS) is 15.8. The fourth-order valence-electron chi connectivity index (χ4n) is 3.37. The van der Waals surface area contributed by atoms with Crippen LogP contribution in [0.25, 0.3) is 0 Å². The van der Waals surface area contributed by atoms with E-state index in [1.165, 1.54) is 18.2 Å². The van der Waals surface area contributed by atoms with Crippen molar-refractivity contribution in [3.8, 4) is 0 Å². The zero-order chi connectivity index (χ0) is 21.7. The molecule has 1 atom stereocenters. The Morgan fingerprint density at radius 1 is 1.20 bits per heavy atom. The molecule has 1 aliphatic rings. The van der Waals surface area contributed by atoms with E-state index in [4.69, 9.17) is 4.74 Å². The molecule has 8 heteroatoms. The smallest absolute Gasteiger partial charge is 0.311 e. The molecule has 0 N–H and O–H groups in total. The van der Waals surface area contributed by atoms with Crippen molar-refractivity contribution in [2.45, 2.75) is 19.8 Å². The fraction of sp³-hybridized carbons (Fsp3) is 0.318. The maximum atomic E-state index is 12.3. The molecule has 0 aromatic heterocycles. The number of nitrogens with zero attached hydrogens (tertiary/aromatic N) is 2. The number of carbonyl (C=O) groups excluding carboxylic acids is 3. The van der Waals surface area contributed by atoms with Gasteiger partial charge in [0, 0.05) is 36.7 Å². The largest absolute Gasteiger partial charge is 0.457 e. The Kier molecular flexibility index (Phi) is 6.56. The molecule has 1 aliphatic heterocycles. The first-order valence-electron chi connectivity index (χ1n) is 9.61. The van der Waals surface area contributed by atoms with Crippen LogP contribution in [0, 0.1) is 23.0 Å². The lowest BCUT2D eigenvalue weighted by atomic mass is 10.1. The lowest BCUT2D eigenvalue weighted by Crippen LogP contribution is -2.29. The van der Waals surface area contributed by atoms with E-state index >= 15 is 0 Å². The van der Waals surface area contributed by atoms with Gasteiger partial charge >= 0.3 is 5.97 Å². The van der Waals surface area contributed by atoms with Crippen LogP contribution >= 0.6 is 0 Å². The number of Topliss-reactive ketones (excluding diaryl/α,β-unsaturated/α-hetero) is 1. The average molecular weight is 410 g/mol. The standard InChI is InChI=1S/C22H22N2O6/c1-15-7-8-17(11-19(15)24(28)29)20(25)14-30-22(27)18-12-21(26)23(13-18)10-9-16-5-3-2-4-6-16/h2-8,11,18H,9-10,12-14H2,1H3/t18-/m1/s1. The van der Waals surface area contributed by atoms with Gasteiger partial charge in [0.15, 0.2) is 6.61 Å². The van der Waals surface area contributed by atoms with Gasteiger partial charge in [0.25, 0.3) is 5.69 Å². The molecule has 0 saturated carbocycles. The molecular formula is C22H22N2O6. The van der Waals surface area contributed by atoms with Gasteiger partial charge < -0.3 is 9.64 Å². The van der Waals surface area contributed by atoms with Gasteiger partial charge in [0.1, 0.15) is 0 Å². The van der Waals surface area contributed by atoms with Gasteiger partial charge in [-0.05, 0) is 18.9 Å². The Morgan fingerprint density at radius 3 is 2.63 bits per heavy atom. The second kappa shape index (κ2) is 9.30. The summed E-state index contributed by atoms with van der Waals surface area (Å²) in [4.78, 5) is 48.8. The molecule has 0 radical (unpaired) electrons. The third-order valence-corrected chi connectivity index (χ3v) is 5.13. The molecule has 1 amide bonds. The SMILES string of the molecule is Cc1ccc(C(=O)COC(=O)[C@@H]2CC(=O)N(CCc3ccccc3)C2)cc1[N+](=O)[O-]. The number of nitro benzene ring substituents is 1. The van der Waals surface area contributed by atoms with Crippen LogP contribution in [-0.2, 0) is 20.7 Å². The van der Waals surface area contributed by atoms with Crippen LogP contribution in [0.2, 0.25) is 0 Å². The number of amides is 1. The highest BCUT2D eigenvalue weighted by Gasteiger charge is 2.35. The van der Waals surface area contributed by atoms with Gasteiger partial charge in [-0.3, -0.25) is 24.5 Å². The molecule has 1 fully saturated rings. The van der Waals surface area contributed by atoms with Crippen molar-refractivity contribution in [2.75, 3.05) is 19.7 Å². The lowest BCUT2D eigenvalue weighted by Gasteiger charge is -2.16. The van der Waals surface area contributed by atoms with E-state index in [0.717, 1.165) is 5.56 Å². The number of esters is 1. The molecule has 0 unspecified atom stereocenters. The number of aryl methyl sites for hydroxylation is 1. The molecule has 8 nitrogen and oxygen atoms in total. The maximum absolute atomic E-state index is 12.3. The van der Waals surface area contributed by atoms with Crippen molar-refractivity contribution in [3.05, 3.63) is 75.3 Å². The van der Waals surface area contributed by atoms with Crippen molar-refractivity contribution < 1.29 is 24.0 Å². The minimum Gasteiger partial charge on any atom is -0.457 e. The molecule has 0 bridgehead atoms. The van der Waals surface area contributed by atoms with Crippen LogP contribution in [0.3, 0.4) is 0 Å². The number of carbonyl (C=O) groups is 3. The van der Waals surface area contributed by atoms with E-state index in [-0.39, 0.29) is 30.1 Å². The molecule has 156 valence electrons. The summed E-state index contributed by atoms with van der Waals surface area (Å²) in [6, 6.07) is 13.9. The number of hydrogen-bond acceptors (Lipinski definition) is 6. The number of benzene rings is 2. The van der Waals surface area contributed by atoms with Crippen LogP contribution in [0.5, 0.6) is 0 Å². The highest BCUT2D eigenvalue weighted by molar-refractivity contribution is 5.99. The topological polar surface area (TPSA) is 107 Å². The number of hydrogen-bond donors (Lipinski definition) is 0. The third-order valence-electron chi connectivity index (χ3n) is 5.13. The highest BCUT2D eigenvalue weighted by atomic mass is 16.6. The predicted octanol–water partition coefficient (Wildman–Crippen LogP) is 2.72. The average Bonchev–Trinajstić information content (AvgIpc) is 3.11. The fourth-order valence-corrected chi connectivity index (χ4v) is 3.37. The predicted molar refractivity (Wildman–Crippen MR) is 108 cm³/mol. The first kappa shape index (κ1) is 21.2. The van der Waals surface area contributed by atoms with Crippen LogP contribution in [0.15, 0.2) is 48.5 Å². The van der Waals surface area contributed by atoms with Gasteiger partial charge in [-0.1, -0.05) is 42.5 Å². The number of ketones is 1. The molecule has 3 rings (SSSR count). The van der Waals surface area contributed by atoms with Crippen LogP contribution in [-0.4, -0.2) is 47.2 Å². The third kappa shape index (κ3) is 5.08. The van der Waals surface area contributed by atoms with Crippen LogP contribution < -0.4 is 0 Å². The van der Waals surface area contributed by atoms with Crippen molar-refractivity contribution in [1.82, 2.24) is 4.90 Å². The Morgan fingerprint density at radius 2 is 1.93 bits per heavy atom. The number of ether oxygens (including phenoxy) is 1. The monoisotopic (exact) mass is 410 g/mol. The van der Waals surface area contributed by atoms with E-state index in [9.17, 15) is 24.5 Å². The molecular weight excluding hydrogens is 388 g/mol. The van der Waals surface area contributed by atoms with E-state index < -0.39 is 29.2 Å². The number of nitro groups is 1. The second-order valence-corrected chi connectivity index (χ2v) is 7.27. The molecule has 0 spiro atoms. The van der Waals surface area contributed by atoms with E-state index in [1.54, 1.807) is 11.8 Å². The Balaban J connectivity index is 1.51. The zero-order valence-electron chi connectivity index (χ0n) is 16.6. The molecule has 1 heterocycles. The number of likely N-dealkylation sites (tertiary alicyclic amines) is 1. The van der Waals surface area contributed by atoms with Gasteiger partial charge in [-0.25, -0.2) is 0 Å². The summed E-state index contributed by atoms with van der Waals surface area (Å²) in [5, 5.41) is 11.0. The van der Waals surface area contributed by atoms with Crippen LogP contribution in [0.1, 0.15) is 27.9 Å². The highest BCUT2D eigenvalue weighted by Crippen LogP contribution is 2.21. The number of rotatable bonds is 8. The quantitative estimate of drug-likeness (QED) is 0.287. The molecule has 2 aromatic carbocycles. The summed E-state index contributed by atoms with van der Waals surface area (Å²) in [6.45, 7) is 1.83. The summed E-state index contributed by atoms with van der Waals surface area (Å²) >= 11 is 0. The first-order valence-corrected chi connectivity index (χ1v) is 9.61. The molecule has 30 heavy (non-hydrogen) atoms. The Labute approximate surface area is 173 Å². The van der Waals surface area contributed by atoms with Gasteiger partial charge in [-0.15, -0.1) is 0 Å². The summed E-state index contributed by atoms with van der Waals surface area (Å²) in [5.74, 6) is -1.88. The van der Waals surface area contributed by atoms with Crippen molar-refractivity contribution in [3.63, 3.8) is 0 Å². The van der Waals surface area contributed by atoms with E-state index in [2.05, 4.69) is 0 Å².